The van der Waals surface area contributed by atoms with Crippen molar-refractivity contribution < 1.29 is 23.1 Å². The highest BCUT2D eigenvalue weighted by Crippen LogP contribution is 2.30. The van der Waals surface area contributed by atoms with Gasteiger partial charge in [-0.1, -0.05) is 30.3 Å². The van der Waals surface area contributed by atoms with E-state index in [4.69, 9.17) is 4.74 Å². The zero-order valence-corrected chi connectivity index (χ0v) is 17.3. The molecule has 1 N–H and O–H groups in total. The van der Waals surface area contributed by atoms with Crippen molar-refractivity contribution in [2.45, 2.75) is 64.6 Å². The fourth-order valence-corrected chi connectivity index (χ4v) is 2.22. The quantitative estimate of drug-likeness (QED) is 0.608. The van der Waals surface area contributed by atoms with Crippen LogP contribution in [0.2, 0.25) is 0 Å². The minimum absolute atomic E-state index is 0.0361. The van der Waals surface area contributed by atoms with Gasteiger partial charge in [0.25, 0.3) is 0 Å². The van der Waals surface area contributed by atoms with Gasteiger partial charge in [-0.05, 0) is 52.5 Å². The summed E-state index contributed by atoms with van der Waals surface area (Å²) < 4.78 is 24.2. The Balaban J connectivity index is 0.00000101. The lowest BCUT2D eigenvalue weighted by molar-refractivity contribution is -0.155. The lowest BCUT2D eigenvalue weighted by Gasteiger charge is -2.26. The molecule has 0 aliphatic carbocycles. The maximum absolute atomic E-state index is 12.0. The first-order chi connectivity index (χ1) is 11.1. The molecule has 7 heteroatoms. The van der Waals surface area contributed by atoms with Crippen molar-refractivity contribution in [2.75, 3.05) is 6.26 Å². The van der Waals surface area contributed by atoms with Gasteiger partial charge in [0.2, 0.25) is 9.05 Å². The van der Waals surface area contributed by atoms with E-state index in [1.165, 1.54) is 0 Å². The molecule has 0 fully saturated rings. The van der Waals surface area contributed by atoms with Gasteiger partial charge in [-0.25, -0.2) is 8.42 Å². The molecule has 0 heterocycles. The average molecular weight is 393 g/mol. The molecule has 144 valence electrons. The molecule has 5 nitrogen and oxygen atoms in total. The third-order valence-corrected chi connectivity index (χ3v) is 2.85. The van der Waals surface area contributed by atoms with E-state index in [1.807, 2.05) is 51.1 Å². The van der Waals surface area contributed by atoms with Crippen LogP contribution in [0.3, 0.4) is 0 Å². The SMILES string of the molecule is CC(C)(O)C[C@H](CC(=O)OC(C)(C)C)c1ccccc1.CS(=O)(=O)Cl. The van der Waals surface area contributed by atoms with Crippen LogP contribution < -0.4 is 0 Å². The van der Waals surface area contributed by atoms with Crippen molar-refractivity contribution in [1.29, 1.82) is 0 Å². The first kappa shape index (κ1) is 23.9. The van der Waals surface area contributed by atoms with Gasteiger partial charge in [0.05, 0.1) is 18.3 Å². The predicted molar refractivity (Wildman–Crippen MR) is 101 cm³/mol. The molecule has 1 atom stereocenters. The Kier molecular flexibility index (Phi) is 9.13. The number of halogens is 1. The summed E-state index contributed by atoms with van der Waals surface area (Å²) in [6.07, 6.45) is 1.73. The number of benzene rings is 1. The van der Waals surface area contributed by atoms with Crippen LogP contribution in [0.4, 0.5) is 0 Å². The van der Waals surface area contributed by atoms with Gasteiger partial charge in [-0.3, -0.25) is 4.79 Å². The van der Waals surface area contributed by atoms with Crippen molar-refractivity contribution >= 4 is 25.7 Å². The van der Waals surface area contributed by atoms with Crippen LogP contribution in [0.5, 0.6) is 0 Å². The van der Waals surface area contributed by atoms with Crippen LogP contribution in [0.1, 0.15) is 58.9 Å². The number of esters is 1. The Hall–Kier alpha value is -1.11. The van der Waals surface area contributed by atoms with Crippen LogP contribution in [-0.2, 0) is 18.6 Å². The molecular formula is C18H29ClO5S. The van der Waals surface area contributed by atoms with Crippen molar-refractivity contribution in [1.82, 2.24) is 0 Å². The second-order valence-corrected chi connectivity index (χ2v) is 10.6. The molecule has 25 heavy (non-hydrogen) atoms. The van der Waals surface area contributed by atoms with Crippen molar-refractivity contribution in [3.05, 3.63) is 35.9 Å². The summed E-state index contributed by atoms with van der Waals surface area (Å²) in [5.74, 6) is -0.262. The first-order valence-electron chi connectivity index (χ1n) is 7.95. The molecular weight excluding hydrogens is 364 g/mol. The molecule has 0 radical (unpaired) electrons. The summed E-state index contributed by atoms with van der Waals surface area (Å²) in [5, 5.41) is 10.0. The smallest absolute Gasteiger partial charge is 0.306 e. The predicted octanol–water partition coefficient (Wildman–Crippen LogP) is 3.85. The second-order valence-electron chi connectivity index (χ2n) is 7.60. The lowest BCUT2D eigenvalue weighted by atomic mass is 9.85. The summed E-state index contributed by atoms with van der Waals surface area (Å²) in [7, 11) is 1.31. The minimum Gasteiger partial charge on any atom is -0.460 e. The standard InChI is InChI=1S/C17H26O3.CH3ClO2S/c1-16(2,3)20-15(18)11-14(12-17(4,5)19)13-9-7-6-8-10-13;1-5(2,3)4/h6-10,14,19H,11-12H2,1-5H3;1H3/t14-;/m0./s1. The molecule has 0 amide bonds. The van der Waals surface area contributed by atoms with E-state index in [0.29, 0.717) is 6.42 Å². The number of rotatable bonds is 5. The summed E-state index contributed by atoms with van der Waals surface area (Å²) in [5.41, 5.74) is -0.240. The number of hydrogen-bond acceptors (Lipinski definition) is 5. The van der Waals surface area contributed by atoms with E-state index in [0.717, 1.165) is 11.8 Å². The van der Waals surface area contributed by atoms with E-state index < -0.39 is 20.3 Å². The molecule has 0 aromatic heterocycles. The number of hydrogen-bond donors (Lipinski definition) is 1. The fourth-order valence-electron chi connectivity index (χ4n) is 2.22. The number of carbonyl (C=O) groups excluding carboxylic acids is 1. The van der Waals surface area contributed by atoms with Gasteiger partial charge < -0.3 is 9.84 Å². The Labute approximate surface area is 155 Å². The van der Waals surface area contributed by atoms with Crippen molar-refractivity contribution in [3.63, 3.8) is 0 Å². The highest BCUT2D eigenvalue weighted by atomic mass is 35.7. The number of ether oxygens (including phenoxy) is 1. The normalized spacial score (nSPS) is 13.4. The highest BCUT2D eigenvalue weighted by Gasteiger charge is 2.26. The summed E-state index contributed by atoms with van der Waals surface area (Å²) >= 11 is 0. The molecule has 1 aromatic carbocycles. The Morgan fingerprint density at radius 1 is 1.16 bits per heavy atom. The summed E-state index contributed by atoms with van der Waals surface area (Å²) in [6.45, 7) is 9.10. The Bertz CT molecular complexity index is 620. The Morgan fingerprint density at radius 2 is 1.60 bits per heavy atom. The van der Waals surface area contributed by atoms with Gasteiger partial charge in [0, 0.05) is 10.7 Å². The van der Waals surface area contributed by atoms with Crippen LogP contribution >= 0.6 is 10.7 Å². The van der Waals surface area contributed by atoms with E-state index in [2.05, 4.69) is 10.7 Å². The van der Waals surface area contributed by atoms with Gasteiger partial charge >= 0.3 is 5.97 Å². The molecule has 1 rings (SSSR count). The monoisotopic (exact) mass is 392 g/mol. The van der Waals surface area contributed by atoms with Crippen LogP contribution in [-0.4, -0.2) is 37.0 Å². The summed E-state index contributed by atoms with van der Waals surface area (Å²) in [4.78, 5) is 12.0. The molecule has 0 aliphatic rings. The maximum Gasteiger partial charge on any atom is 0.306 e. The average Bonchev–Trinajstić information content (AvgIpc) is 2.33. The molecule has 0 unspecified atom stereocenters. The molecule has 0 aliphatic heterocycles. The zero-order valence-electron chi connectivity index (χ0n) is 15.7. The highest BCUT2D eigenvalue weighted by molar-refractivity contribution is 8.13. The molecule has 0 bridgehead atoms. The van der Waals surface area contributed by atoms with Crippen LogP contribution in [0.25, 0.3) is 0 Å². The molecule has 0 saturated heterocycles. The number of carbonyl (C=O) groups is 1. The minimum atomic E-state index is -3.19. The molecule has 0 spiro atoms. The van der Waals surface area contributed by atoms with Crippen molar-refractivity contribution in [3.8, 4) is 0 Å². The third-order valence-electron chi connectivity index (χ3n) is 2.85. The fraction of sp³-hybridized carbons (Fsp3) is 0.611. The maximum atomic E-state index is 12.0. The number of aliphatic hydroxyl groups is 1. The van der Waals surface area contributed by atoms with Gasteiger partial charge in [-0.15, -0.1) is 0 Å². The first-order valence-corrected chi connectivity index (χ1v) is 10.7. The van der Waals surface area contributed by atoms with Gasteiger partial charge in [0.15, 0.2) is 0 Å². The van der Waals surface area contributed by atoms with E-state index in [1.54, 1.807) is 13.8 Å². The van der Waals surface area contributed by atoms with Gasteiger partial charge in [-0.2, -0.15) is 0 Å². The topological polar surface area (TPSA) is 80.7 Å². The van der Waals surface area contributed by atoms with Gasteiger partial charge in [0.1, 0.15) is 5.60 Å². The van der Waals surface area contributed by atoms with Crippen LogP contribution in [0.15, 0.2) is 30.3 Å². The van der Waals surface area contributed by atoms with Crippen LogP contribution in [0, 0.1) is 0 Å². The second kappa shape index (κ2) is 9.55. The molecule has 1 aromatic rings. The van der Waals surface area contributed by atoms with E-state index in [9.17, 15) is 18.3 Å². The largest absolute Gasteiger partial charge is 0.460 e. The van der Waals surface area contributed by atoms with Crippen molar-refractivity contribution in [2.24, 2.45) is 0 Å². The summed E-state index contributed by atoms with van der Waals surface area (Å²) in [6, 6.07) is 9.81. The Morgan fingerprint density at radius 3 is 1.96 bits per heavy atom. The zero-order chi connectivity index (χ0) is 19.9. The van der Waals surface area contributed by atoms with E-state index in [-0.39, 0.29) is 18.3 Å². The lowest BCUT2D eigenvalue weighted by Crippen LogP contribution is -2.27. The molecule has 0 saturated carbocycles. The third kappa shape index (κ3) is 16.1. The van der Waals surface area contributed by atoms with E-state index >= 15 is 0 Å².